The molecule has 0 bridgehead atoms. The fraction of sp³-hybridized carbons (Fsp3) is 0.692. The van der Waals surface area contributed by atoms with Crippen molar-refractivity contribution in [1.82, 2.24) is 10.2 Å². The molecule has 0 spiro atoms. The Morgan fingerprint density at radius 1 is 0.736 bits per heavy atom. The lowest BCUT2D eigenvalue weighted by molar-refractivity contribution is -0.255. The molecule has 13 N–H and O–H groups in total. The normalized spacial score (nSPS) is 37.7. The van der Waals surface area contributed by atoms with E-state index in [1.165, 1.54) is 0 Å². The molecule has 3 heterocycles. The number of aliphatic hydroxyl groups excluding tert-OH is 10. The summed E-state index contributed by atoms with van der Waals surface area (Å²) >= 11 is 0. The summed E-state index contributed by atoms with van der Waals surface area (Å²) in [6.45, 7) is 5.78. The maximum absolute atomic E-state index is 14.1. The number of nitrogens with zero attached hydrogens (tertiary/aromatic N) is 1. The summed E-state index contributed by atoms with van der Waals surface area (Å²) in [7, 11) is 0. The summed E-state index contributed by atoms with van der Waals surface area (Å²) in [6, 6.07) is -1.10. The van der Waals surface area contributed by atoms with Crippen molar-refractivity contribution in [1.29, 1.82) is 0 Å². The molecular weight excluding hydrogens is 939 g/mol. The van der Waals surface area contributed by atoms with Crippen LogP contribution in [0.4, 0.5) is 0 Å². The maximum atomic E-state index is 14.1. The van der Waals surface area contributed by atoms with Gasteiger partial charge in [-0.2, -0.15) is 0 Å². The van der Waals surface area contributed by atoms with E-state index < -0.39 is 116 Å². The van der Waals surface area contributed by atoms with Gasteiger partial charge in [0.1, 0.15) is 12.2 Å². The van der Waals surface area contributed by atoms with Gasteiger partial charge in [0.15, 0.2) is 6.29 Å². The first-order chi connectivity index (χ1) is 34.5. The van der Waals surface area contributed by atoms with Crippen LogP contribution in [0.3, 0.4) is 0 Å². The number of hydrogen-bond donors (Lipinski definition) is 12. The molecule has 3 aliphatic rings. The van der Waals surface area contributed by atoms with Gasteiger partial charge in [-0.15, -0.1) is 0 Å². The van der Waals surface area contributed by atoms with Gasteiger partial charge in [0, 0.05) is 64.6 Å². The fourth-order valence-corrected chi connectivity index (χ4v) is 8.26. The van der Waals surface area contributed by atoms with E-state index in [2.05, 4.69) is 10.2 Å². The van der Waals surface area contributed by atoms with Crippen LogP contribution in [0.2, 0.25) is 0 Å². The molecule has 1 amide bonds. The molecular formula is C52H85N3O17. The Bertz CT molecular complexity index is 1720. The van der Waals surface area contributed by atoms with Gasteiger partial charge in [0.25, 0.3) is 0 Å². The highest BCUT2D eigenvalue weighted by Gasteiger charge is 2.41. The number of morpholine rings is 1. The van der Waals surface area contributed by atoms with Gasteiger partial charge >= 0.3 is 5.97 Å². The van der Waals surface area contributed by atoms with Gasteiger partial charge in [-0.3, -0.25) is 14.5 Å². The lowest BCUT2D eigenvalue weighted by Crippen LogP contribution is -2.58. The van der Waals surface area contributed by atoms with Gasteiger partial charge in [-0.1, -0.05) is 92.0 Å². The number of aliphatic hydroxyl groups is 10. The molecule has 0 radical (unpaired) electrons. The van der Waals surface area contributed by atoms with E-state index in [9.17, 15) is 60.7 Å². The number of cyclic esters (lactones) is 1. The summed E-state index contributed by atoms with van der Waals surface area (Å²) < 4.78 is 29.0. The third-order valence-corrected chi connectivity index (χ3v) is 12.7. The number of hydrogen-bond acceptors (Lipinski definition) is 19. The second-order valence-electron chi connectivity index (χ2n) is 18.8. The van der Waals surface area contributed by atoms with Gasteiger partial charge in [0.2, 0.25) is 5.91 Å². The molecule has 2 saturated heterocycles. The smallest absolute Gasteiger partial charge is 0.308 e. The molecule has 20 heteroatoms. The monoisotopic (exact) mass is 1020 g/mol. The van der Waals surface area contributed by atoms with E-state index in [0.29, 0.717) is 32.8 Å². The van der Waals surface area contributed by atoms with Crippen molar-refractivity contribution >= 4 is 11.9 Å². The van der Waals surface area contributed by atoms with Gasteiger partial charge in [0.05, 0.1) is 99.2 Å². The third kappa shape index (κ3) is 25.1. The van der Waals surface area contributed by atoms with Crippen molar-refractivity contribution in [3.63, 3.8) is 0 Å². The fourth-order valence-electron chi connectivity index (χ4n) is 8.26. The van der Waals surface area contributed by atoms with Crippen molar-refractivity contribution in [2.75, 3.05) is 59.2 Å². The summed E-state index contributed by atoms with van der Waals surface area (Å²) in [6.07, 6.45) is 8.19. The minimum Gasteiger partial charge on any atom is -0.462 e. The summed E-state index contributed by atoms with van der Waals surface area (Å²) in [5.74, 6) is -2.82. The summed E-state index contributed by atoms with van der Waals surface area (Å²) in [4.78, 5) is 28.8. The average molecular weight is 1020 g/mol. The van der Waals surface area contributed by atoms with E-state index in [1.54, 1.807) is 49.5 Å². The lowest BCUT2D eigenvalue weighted by atomic mass is 9.89. The van der Waals surface area contributed by atoms with E-state index >= 15 is 0 Å². The highest BCUT2D eigenvalue weighted by atomic mass is 16.7. The zero-order chi connectivity index (χ0) is 52.8. The van der Waals surface area contributed by atoms with E-state index in [4.69, 9.17) is 29.4 Å². The first-order valence-electron chi connectivity index (χ1n) is 25.3. The second-order valence-corrected chi connectivity index (χ2v) is 18.8. The minimum atomic E-state index is -1.45. The first kappa shape index (κ1) is 62.8. The molecule has 0 aromatic carbocycles. The molecule has 0 saturated carbocycles. The minimum absolute atomic E-state index is 0.0482. The largest absolute Gasteiger partial charge is 0.462 e. The maximum Gasteiger partial charge on any atom is 0.308 e. The first-order valence-corrected chi connectivity index (χ1v) is 25.3. The van der Waals surface area contributed by atoms with Crippen molar-refractivity contribution < 1.29 is 84.3 Å². The number of rotatable bonds is 10. The van der Waals surface area contributed by atoms with Crippen molar-refractivity contribution in [3.8, 4) is 0 Å². The Labute approximate surface area is 424 Å². The molecule has 3 rings (SSSR count). The van der Waals surface area contributed by atoms with E-state index in [-0.39, 0.29) is 77.0 Å². The van der Waals surface area contributed by atoms with Gasteiger partial charge in [-0.25, -0.2) is 0 Å². The number of carbonyl (C=O) groups excluding carboxylic acids is 2. The van der Waals surface area contributed by atoms with Crippen LogP contribution in [-0.2, 0) is 33.3 Å². The van der Waals surface area contributed by atoms with Crippen LogP contribution in [0.5, 0.6) is 0 Å². The Morgan fingerprint density at radius 3 is 1.99 bits per heavy atom. The van der Waals surface area contributed by atoms with Crippen molar-refractivity contribution in [3.05, 3.63) is 85.1 Å². The van der Waals surface area contributed by atoms with Crippen LogP contribution in [0.15, 0.2) is 85.1 Å². The van der Waals surface area contributed by atoms with Crippen molar-refractivity contribution in [2.24, 2.45) is 17.6 Å². The molecule has 0 aromatic heterocycles. The Kier molecular flexibility index (Phi) is 31.1. The number of amides is 1. The number of ether oxygens (including phenoxy) is 5. The Balaban J connectivity index is 1.90. The summed E-state index contributed by atoms with van der Waals surface area (Å²) in [5.41, 5.74) is 6.06. The van der Waals surface area contributed by atoms with Crippen LogP contribution in [-0.4, -0.2) is 213 Å². The zero-order valence-electron chi connectivity index (χ0n) is 41.9. The topological polar surface area (TPSA) is 324 Å². The highest BCUT2D eigenvalue weighted by molar-refractivity contribution is 5.80. The molecule has 2 fully saturated rings. The molecule has 0 aliphatic carbocycles. The Morgan fingerprint density at radius 2 is 1.35 bits per heavy atom. The van der Waals surface area contributed by atoms with Gasteiger partial charge < -0.3 is 85.8 Å². The number of nitrogens with one attached hydrogen (secondary N) is 1. The molecule has 16 atom stereocenters. The van der Waals surface area contributed by atoms with Crippen LogP contribution >= 0.6 is 0 Å². The molecule has 72 heavy (non-hydrogen) atoms. The van der Waals surface area contributed by atoms with Crippen molar-refractivity contribution in [2.45, 2.75) is 157 Å². The highest BCUT2D eigenvalue weighted by Crippen LogP contribution is 2.26. The third-order valence-electron chi connectivity index (χ3n) is 12.7. The molecule has 3 aliphatic heterocycles. The molecule has 20 nitrogen and oxygen atoms in total. The van der Waals surface area contributed by atoms with Crippen LogP contribution < -0.4 is 11.1 Å². The number of allylic oxidation sites excluding steroid dienone is 12. The SMILES string of the molecule is C[C@H]1C[C@H](O)[C@@H](C)/C=C/C=C/C=C/C=C/C=C/C=C/C=C/C(O[C@@H]2OC[C@@H](O)[C@H](N)[C@@H]2O)C[C@@H]([C@H](C(=O)NCCN2CCOCC2)[C@@H](O)CCO)OCCC(O)CC(O)C(O)CCC(O)CC(O)CC(=O)O1. The van der Waals surface area contributed by atoms with E-state index in [0.717, 1.165) is 0 Å². The van der Waals surface area contributed by atoms with Crippen LogP contribution in [0.25, 0.3) is 0 Å². The quantitative estimate of drug-likeness (QED) is 0.125. The average Bonchev–Trinajstić information content (AvgIpc) is 3.33. The number of nitrogens with two attached hydrogens (primary N) is 1. The summed E-state index contributed by atoms with van der Waals surface area (Å²) in [5, 5.41) is 110. The number of esters is 1. The molecule has 410 valence electrons. The molecule has 6 unspecified atom stereocenters. The second kappa shape index (κ2) is 35.6. The van der Waals surface area contributed by atoms with Gasteiger partial charge in [-0.05, 0) is 39.0 Å². The van der Waals surface area contributed by atoms with E-state index in [1.807, 2.05) is 49.5 Å². The Hall–Kier alpha value is -3.52. The predicted octanol–water partition coefficient (Wildman–Crippen LogP) is -0.269. The van der Waals surface area contributed by atoms with Crippen LogP contribution in [0.1, 0.15) is 71.6 Å². The predicted molar refractivity (Wildman–Crippen MR) is 267 cm³/mol. The van der Waals surface area contributed by atoms with Crippen LogP contribution in [0, 0.1) is 11.8 Å². The zero-order valence-corrected chi connectivity index (χ0v) is 41.9. The number of carbonyl (C=O) groups is 2. The molecule has 0 aromatic rings. The lowest BCUT2D eigenvalue weighted by Gasteiger charge is -2.38. The standard InChI is InChI=1S/C52H85N3O17/c1-35-15-13-11-9-7-5-3-4-6-8-10-12-14-16-40(72-52-50(66)49(53)45(64)34-70-52)33-46(48(42(61)19-25-56)51(67)54-21-22-55-23-27-68-28-24-55)69-26-20-38(58)31-44(63)41(60)18-17-37(57)30-39(59)32-47(65)71-36(2)29-43(35)62/h3-16,35-46,48-50,52,56-64,66H,17-34,53H2,1-2H3,(H,54,67)/b4-3+,7-5+,8-6+,11-9+,12-10+,15-13+,16-14+/t35-,36-,37?,38?,39?,40?,41?,42-,43-,44?,45+,46-,48+,49-,50-,52-/m0/s1.